The zero-order valence-corrected chi connectivity index (χ0v) is 11.3. The molecular formula is C10H12N4O2S2. The minimum atomic E-state index is -3.65. The summed E-state index contributed by atoms with van der Waals surface area (Å²) in [5.74, 6) is 0. The van der Waals surface area contributed by atoms with Gasteiger partial charge in [-0.2, -0.15) is 0 Å². The molecule has 1 aromatic carbocycles. The van der Waals surface area contributed by atoms with Gasteiger partial charge >= 0.3 is 0 Å². The molecule has 0 aliphatic rings. The van der Waals surface area contributed by atoms with Gasteiger partial charge in [0, 0.05) is 5.69 Å². The summed E-state index contributed by atoms with van der Waals surface area (Å²) in [6.45, 7) is 2.01. The van der Waals surface area contributed by atoms with Crippen molar-refractivity contribution in [3.8, 4) is 0 Å². The third kappa shape index (κ3) is 3.03. The number of primary sulfonamides is 1. The highest BCUT2D eigenvalue weighted by Gasteiger charge is 2.07. The molecule has 0 atom stereocenters. The van der Waals surface area contributed by atoms with Crippen molar-refractivity contribution in [1.82, 2.24) is 10.2 Å². The number of aryl methyl sites for hydroxylation is 1. The number of hydrogen-bond acceptors (Lipinski definition) is 6. The van der Waals surface area contributed by atoms with E-state index in [0.717, 1.165) is 17.1 Å². The van der Waals surface area contributed by atoms with Gasteiger partial charge in [-0.1, -0.05) is 18.3 Å². The Labute approximate surface area is 109 Å². The normalized spacial score (nSPS) is 11.4. The van der Waals surface area contributed by atoms with Gasteiger partial charge in [0.05, 0.1) is 4.90 Å². The molecule has 6 nitrogen and oxygen atoms in total. The molecule has 0 fully saturated rings. The first kappa shape index (κ1) is 12.9. The number of hydrogen-bond donors (Lipinski definition) is 2. The zero-order valence-electron chi connectivity index (χ0n) is 9.62. The predicted octanol–water partition coefficient (Wildman–Crippen LogP) is 1.49. The van der Waals surface area contributed by atoms with Crippen LogP contribution in [-0.2, 0) is 16.4 Å². The summed E-state index contributed by atoms with van der Waals surface area (Å²) in [5, 5.41) is 17.6. The molecule has 8 heteroatoms. The molecule has 1 heterocycles. The van der Waals surface area contributed by atoms with Crippen molar-refractivity contribution >= 4 is 32.2 Å². The maximum Gasteiger partial charge on any atom is 0.238 e. The first-order valence-electron chi connectivity index (χ1n) is 5.21. The van der Waals surface area contributed by atoms with Crippen molar-refractivity contribution < 1.29 is 8.42 Å². The maximum absolute atomic E-state index is 11.1. The van der Waals surface area contributed by atoms with Crippen molar-refractivity contribution in [3.05, 3.63) is 29.3 Å². The molecule has 0 saturated heterocycles. The van der Waals surface area contributed by atoms with Gasteiger partial charge in [0.15, 0.2) is 0 Å². The monoisotopic (exact) mass is 284 g/mol. The van der Waals surface area contributed by atoms with Gasteiger partial charge in [0.25, 0.3) is 0 Å². The minimum absolute atomic E-state index is 0.0829. The maximum atomic E-state index is 11.1. The molecule has 0 aliphatic heterocycles. The minimum Gasteiger partial charge on any atom is -0.330 e. The van der Waals surface area contributed by atoms with Gasteiger partial charge in [-0.15, -0.1) is 10.2 Å². The lowest BCUT2D eigenvalue weighted by atomic mass is 10.3. The van der Waals surface area contributed by atoms with Crippen LogP contribution in [0.1, 0.15) is 11.9 Å². The predicted molar refractivity (Wildman–Crippen MR) is 70.4 cm³/mol. The third-order valence-electron chi connectivity index (χ3n) is 2.20. The second-order valence-corrected chi connectivity index (χ2v) is 6.17. The lowest BCUT2D eigenvalue weighted by Crippen LogP contribution is -2.11. The van der Waals surface area contributed by atoms with Gasteiger partial charge in [-0.3, -0.25) is 0 Å². The van der Waals surface area contributed by atoms with Crippen LogP contribution in [0.5, 0.6) is 0 Å². The highest BCUT2D eigenvalue weighted by molar-refractivity contribution is 7.89. The highest BCUT2D eigenvalue weighted by atomic mass is 32.2. The smallest absolute Gasteiger partial charge is 0.238 e. The summed E-state index contributed by atoms with van der Waals surface area (Å²) in [6.07, 6.45) is 0.837. The zero-order chi connectivity index (χ0) is 13.2. The average Bonchev–Trinajstić information content (AvgIpc) is 2.76. The van der Waals surface area contributed by atoms with Crippen LogP contribution in [0.3, 0.4) is 0 Å². The van der Waals surface area contributed by atoms with Gasteiger partial charge in [-0.25, -0.2) is 13.6 Å². The van der Waals surface area contributed by atoms with Gasteiger partial charge in [-0.05, 0) is 30.7 Å². The Balaban J connectivity index is 2.15. The second kappa shape index (κ2) is 5.01. The van der Waals surface area contributed by atoms with Gasteiger partial charge in [0.2, 0.25) is 15.2 Å². The Morgan fingerprint density at radius 1 is 1.28 bits per heavy atom. The van der Waals surface area contributed by atoms with E-state index in [9.17, 15) is 8.42 Å². The summed E-state index contributed by atoms with van der Waals surface area (Å²) >= 11 is 1.46. The SMILES string of the molecule is CCc1nnc(Nc2ccc(S(N)(=O)=O)cc2)s1. The molecule has 2 aromatic rings. The first-order valence-corrected chi connectivity index (χ1v) is 7.57. The number of anilines is 2. The van der Waals surface area contributed by atoms with E-state index < -0.39 is 10.0 Å². The fourth-order valence-electron chi connectivity index (χ4n) is 1.30. The summed E-state index contributed by atoms with van der Waals surface area (Å²) in [7, 11) is -3.65. The van der Waals surface area contributed by atoms with E-state index in [1.54, 1.807) is 12.1 Å². The Morgan fingerprint density at radius 3 is 2.44 bits per heavy atom. The summed E-state index contributed by atoms with van der Waals surface area (Å²) in [6, 6.07) is 6.15. The lowest BCUT2D eigenvalue weighted by Gasteiger charge is -2.02. The molecule has 18 heavy (non-hydrogen) atoms. The van der Waals surface area contributed by atoms with Crippen molar-refractivity contribution in [2.45, 2.75) is 18.2 Å². The number of benzene rings is 1. The molecule has 0 spiro atoms. The molecule has 96 valence electrons. The van der Waals surface area contributed by atoms with Gasteiger partial charge in [0.1, 0.15) is 5.01 Å². The van der Waals surface area contributed by atoms with E-state index in [1.165, 1.54) is 23.5 Å². The lowest BCUT2D eigenvalue weighted by molar-refractivity contribution is 0.598. The van der Waals surface area contributed by atoms with E-state index in [0.29, 0.717) is 5.13 Å². The molecule has 2 rings (SSSR count). The van der Waals surface area contributed by atoms with E-state index >= 15 is 0 Å². The number of nitrogens with one attached hydrogen (secondary N) is 1. The van der Waals surface area contributed by atoms with Crippen LogP contribution in [0.25, 0.3) is 0 Å². The van der Waals surface area contributed by atoms with Crippen molar-refractivity contribution in [2.75, 3.05) is 5.32 Å². The van der Waals surface area contributed by atoms with Crippen molar-refractivity contribution in [1.29, 1.82) is 0 Å². The standard InChI is InChI=1S/C10H12N4O2S2/c1-2-9-13-14-10(17-9)12-7-3-5-8(6-4-7)18(11,15)16/h3-6H,2H2,1H3,(H,12,14)(H2,11,15,16). The first-order chi connectivity index (χ1) is 8.49. The van der Waals surface area contributed by atoms with Crippen LogP contribution >= 0.6 is 11.3 Å². The molecule has 0 unspecified atom stereocenters. The van der Waals surface area contributed by atoms with Crippen LogP contribution in [0.2, 0.25) is 0 Å². The average molecular weight is 284 g/mol. The van der Waals surface area contributed by atoms with E-state index in [-0.39, 0.29) is 4.90 Å². The summed E-state index contributed by atoms with van der Waals surface area (Å²) < 4.78 is 22.2. The Kier molecular flexibility index (Phi) is 3.60. The van der Waals surface area contributed by atoms with E-state index in [4.69, 9.17) is 5.14 Å². The second-order valence-electron chi connectivity index (χ2n) is 3.55. The number of nitrogens with zero attached hydrogens (tertiary/aromatic N) is 2. The molecule has 1 aromatic heterocycles. The summed E-state index contributed by atoms with van der Waals surface area (Å²) in [4.78, 5) is 0.0829. The van der Waals surface area contributed by atoms with Crippen molar-refractivity contribution in [3.63, 3.8) is 0 Å². The molecule has 0 aliphatic carbocycles. The van der Waals surface area contributed by atoms with E-state index in [1.807, 2.05) is 6.92 Å². The highest BCUT2D eigenvalue weighted by Crippen LogP contribution is 2.21. The quantitative estimate of drug-likeness (QED) is 0.886. The molecule has 0 bridgehead atoms. The largest absolute Gasteiger partial charge is 0.330 e. The van der Waals surface area contributed by atoms with Crippen LogP contribution in [0.4, 0.5) is 10.8 Å². The summed E-state index contributed by atoms with van der Waals surface area (Å²) in [5.41, 5.74) is 0.737. The Hall–Kier alpha value is -1.51. The molecule has 3 N–H and O–H groups in total. The molecule has 0 radical (unpaired) electrons. The van der Waals surface area contributed by atoms with Crippen LogP contribution in [0, 0.1) is 0 Å². The van der Waals surface area contributed by atoms with Gasteiger partial charge < -0.3 is 5.32 Å². The molecule has 0 saturated carbocycles. The van der Waals surface area contributed by atoms with E-state index in [2.05, 4.69) is 15.5 Å². The number of aromatic nitrogens is 2. The number of nitrogens with two attached hydrogens (primary N) is 1. The Bertz CT molecular complexity index is 634. The fraction of sp³-hybridized carbons (Fsp3) is 0.200. The topological polar surface area (TPSA) is 98.0 Å². The number of rotatable bonds is 4. The molecular weight excluding hydrogens is 272 g/mol. The van der Waals surface area contributed by atoms with Crippen LogP contribution in [0.15, 0.2) is 29.2 Å². The number of sulfonamides is 1. The van der Waals surface area contributed by atoms with Crippen LogP contribution in [-0.4, -0.2) is 18.6 Å². The third-order valence-corrected chi connectivity index (χ3v) is 4.12. The van der Waals surface area contributed by atoms with Crippen LogP contribution < -0.4 is 10.5 Å². The molecule has 0 amide bonds. The fourth-order valence-corrected chi connectivity index (χ4v) is 2.51. The Morgan fingerprint density at radius 2 is 1.94 bits per heavy atom. The van der Waals surface area contributed by atoms with Crippen molar-refractivity contribution in [2.24, 2.45) is 5.14 Å².